The highest BCUT2D eigenvalue weighted by Gasteiger charge is 2.16. The third kappa shape index (κ3) is 5.37. The van der Waals surface area contributed by atoms with Gasteiger partial charge >= 0.3 is 0 Å². The van der Waals surface area contributed by atoms with Crippen molar-refractivity contribution in [1.82, 2.24) is 15.0 Å². The van der Waals surface area contributed by atoms with Crippen LogP contribution in [0.25, 0.3) is 0 Å². The first-order chi connectivity index (χ1) is 11.0. The average molecular weight is 353 g/mol. The Morgan fingerprint density at radius 2 is 2.26 bits per heavy atom. The van der Waals surface area contributed by atoms with E-state index >= 15 is 0 Å². The Hall–Kier alpha value is -1.86. The molecule has 2 aromatic heterocycles. The molecule has 0 saturated carbocycles. The van der Waals surface area contributed by atoms with Gasteiger partial charge in [0.15, 0.2) is 5.16 Å². The van der Waals surface area contributed by atoms with Gasteiger partial charge in [0.05, 0.1) is 10.3 Å². The number of carbonyl (C=O) groups is 1. The van der Waals surface area contributed by atoms with Crippen molar-refractivity contribution in [2.45, 2.75) is 37.1 Å². The number of aromatic nitrogens is 3. The van der Waals surface area contributed by atoms with Gasteiger partial charge in [-0.05, 0) is 25.5 Å². The van der Waals surface area contributed by atoms with E-state index in [1.807, 2.05) is 6.92 Å². The summed E-state index contributed by atoms with van der Waals surface area (Å²) in [5.41, 5.74) is 0.517. The average Bonchev–Trinajstić information content (AvgIpc) is 2.49. The Kier molecular flexibility index (Phi) is 6.18. The first-order valence-corrected chi connectivity index (χ1v) is 8.43. The summed E-state index contributed by atoms with van der Waals surface area (Å²) in [5, 5.41) is 3.19. The molecule has 0 aromatic carbocycles. The van der Waals surface area contributed by atoms with Crippen LogP contribution in [0.3, 0.4) is 0 Å². The fraction of sp³-hybridized carbons (Fsp3) is 0.333. The smallest absolute Gasteiger partial charge is 0.251 e. The SMILES string of the molecule is CCCc1cc(=O)[nH]c(SC(C)C(=O)Nc2ccc(Cl)cn2)n1. The molecule has 23 heavy (non-hydrogen) atoms. The molecule has 0 radical (unpaired) electrons. The molecule has 2 rings (SSSR count). The third-order valence-electron chi connectivity index (χ3n) is 2.92. The van der Waals surface area contributed by atoms with Gasteiger partial charge in [0, 0.05) is 18.0 Å². The molecule has 0 bridgehead atoms. The molecule has 1 amide bonds. The van der Waals surface area contributed by atoms with Gasteiger partial charge in [-0.15, -0.1) is 0 Å². The Labute approximate surface area is 143 Å². The molecule has 1 unspecified atom stereocenters. The van der Waals surface area contributed by atoms with Crippen LogP contribution in [0.2, 0.25) is 5.02 Å². The van der Waals surface area contributed by atoms with E-state index in [1.54, 1.807) is 19.1 Å². The number of nitrogens with zero attached hydrogens (tertiary/aromatic N) is 2. The van der Waals surface area contributed by atoms with E-state index in [2.05, 4.69) is 20.3 Å². The Bertz CT molecular complexity index is 733. The standard InChI is InChI=1S/C15H17ClN4O2S/c1-3-4-11-7-13(21)20-15(18-11)23-9(2)14(22)19-12-6-5-10(16)8-17-12/h5-9H,3-4H2,1-2H3,(H,17,19,22)(H,18,20,21). The molecule has 0 saturated heterocycles. The molecule has 0 aliphatic heterocycles. The number of anilines is 1. The van der Waals surface area contributed by atoms with E-state index in [0.29, 0.717) is 16.0 Å². The number of aromatic amines is 1. The summed E-state index contributed by atoms with van der Waals surface area (Å²) < 4.78 is 0. The van der Waals surface area contributed by atoms with Crippen LogP contribution in [0, 0.1) is 0 Å². The first-order valence-electron chi connectivity index (χ1n) is 7.17. The number of nitrogens with one attached hydrogen (secondary N) is 2. The van der Waals surface area contributed by atoms with E-state index in [0.717, 1.165) is 18.5 Å². The van der Waals surface area contributed by atoms with Crippen LogP contribution in [0.15, 0.2) is 34.3 Å². The summed E-state index contributed by atoms with van der Waals surface area (Å²) >= 11 is 6.95. The number of carbonyl (C=O) groups excluding carboxylic acids is 1. The van der Waals surface area contributed by atoms with Crippen LogP contribution in [-0.4, -0.2) is 26.1 Å². The predicted octanol–water partition coefficient (Wildman–Crippen LogP) is 2.89. The lowest BCUT2D eigenvalue weighted by Crippen LogP contribution is -2.23. The summed E-state index contributed by atoms with van der Waals surface area (Å²) in [6.45, 7) is 3.76. The Balaban J connectivity index is 2.03. The Morgan fingerprint density at radius 1 is 1.48 bits per heavy atom. The van der Waals surface area contributed by atoms with Crippen LogP contribution in [-0.2, 0) is 11.2 Å². The maximum absolute atomic E-state index is 12.2. The van der Waals surface area contributed by atoms with E-state index in [9.17, 15) is 9.59 Å². The molecule has 0 spiro atoms. The number of hydrogen-bond acceptors (Lipinski definition) is 5. The molecule has 8 heteroatoms. The topological polar surface area (TPSA) is 87.7 Å². The number of pyridine rings is 1. The van der Waals surface area contributed by atoms with Gasteiger partial charge in [-0.25, -0.2) is 9.97 Å². The highest BCUT2D eigenvalue weighted by atomic mass is 35.5. The minimum Gasteiger partial charge on any atom is -0.310 e. The van der Waals surface area contributed by atoms with Crippen LogP contribution in [0.4, 0.5) is 5.82 Å². The minimum atomic E-state index is -0.437. The molecule has 122 valence electrons. The van der Waals surface area contributed by atoms with Crippen molar-refractivity contribution >= 4 is 35.1 Å². The van der Waals surface area contributed by atoms with Gasteiger partial charge in [0.1, 0.15) is 5.82 Å². The van der Waals surface area contributed by atoms with E-state index in [-0.39, 0.29) is 11.5 Å². The molecule has 0 aliphatic carbocycles. The van der Waals surface area contributed by atoms with Crippen molar-refractivity contribution in [3.63, 3.8) is 0 Å². The molecule has 1 atom stereocenters. The fourth-order valence-electron chi connectivity index (χ4n) is 1.82. The van der Waals surface area contributed by atoms with Crippen LogP contribution in [0.1, 0.15) is 26.0 Å². The monoisotopic (exact) mass is 352 g/mol. The molecule has 6 nitrogen and oxygen atoms in total. The van der Waals surface area contributed by atoms with Gasteiger partial charge in [-0.1, -0.05) is 36.7 Å². The van der Waals surface area contributed by atoms with Gasteiger partial charge in [-0.3, -0.25) is 9.59 Å². The highest BCUT2D eigenvalue weighted by Crippen LogP contribution is 2.20. The van der Waals surface area contributed by atoms with Crippen LogP contribution >= 0.6 is 23.4 Å². The van der Waals surface area contributed by atoms with E-state index in [1.165, 1.54) is 24.0 Å². The second-order valence-corrected chi connectivity index (χ2v) is 6.67. The van der Waals surface area contributed by atoms with Gasteiger partial charge in [0.2, 0.25) is 5.91 Å². The maximum Gasteiger partial charge on any atom is 0.251 e. The van der Waals surface area contributed by atoms with Crippen molar-refractivity contribution in [2.75, 3.05) is 5.32 Å². The second-order valence-electron chi connectivity index (χ2n) is 4.90. The van der Waals surface area contributed by atoms with Crippen molar-refractivity contribution in [3.05, 3.63) is 45.5 Å². The molecular formula is C15H17ClN4O2S. The molecule has 2 N–H and O–H groups in total. The predicted molar refractivity (Wildman–Crippen MR) is 92.0 cm³/mol. The fourth-order valence-corrected chi connectivity index (χ4v) is 2.76. The van der Waals surface area contributed by atoms with Crippen molar-refractivity contribution < 1.29 is 4.79 Å². The number of H-pyrrole nitrogens is 1. The third-order valence-corrected chi connectivity index (χ3v) is 4.12. The van der Waals surface area contributed by atoms with Gasteiger partial charge in [0.25, 0.3) is 5.56 Å². The van der Waals surface area contributed by atoms with Crippen molar-refractivity contribution in [1.29, 1.82) is 0 Å². The maximum atomic E-state index is 12.2. The largest absolute Gasteiger partial charge is 0.310 e. The zero-order valence-electron chi connectivity index (χ0n) is 12.8. The lowest BCUT2D eigenvalue weighted by Gasteiger charge is -2.11. The molecule has 2 aromatic rings. The summed E-state index contributed by atoms with van der Waals surface area (Å²) in [6, 6.07) is 4.75. The number of thioether (sulfide) groups is 1. The van der Waals surface area contributed by atoms with Gasteiger partial charge in [-0.2, -0.15) is 0 Å². The number of aryl methyl sites for hydroxylation is 1. The summed E-state index contributed by atoms with van der Waals surface area (Å²) in [6.07, 6.45) is 3.09. The molecular weight excluding hydrogens is 336 g/mol. The highest BCUT2D eigenvalue weighted by molar-refractivity contribution is 8.00. The zero-order valence-corrected chi connectivity index (χ0v) is 14.4. The summed E-state index contributed by atoms with van der Waals surface area (Å²) in [4.78, 5) is 34.8. The Morgan fingerprint density at radius 3 is 2.91 bits per heavy atom. The van der Waals surface area contributed by atoms with E-state index in [4.69, 9.17) is 11.6 Å². The van der Waals surface area contributed by atoms with Crippen molar-refractivity contribution in [3.8, 4) is 0 Å². The van der Waals surface area contributed by atoms with Gasteiger partial charge < -0.3 is 10.3 Å². The lowest BCUT2D eigenvalue weighted by atomic mass is 10.2. The molecule has 2 heterocycles. The minimum absolute atomic E-state index is 0.210. The zero-order chi connectivity index (χ0) is 16.8. The van der Waals surface area contributed by atoms with E-state index < -0.39 is 5.25 Å². The summed E-state index contributed by atoms with van der Waals surface area (Å²) in [7, 11) is 0. The molecule has 0 aliphatic rings. The van der Waals surface area contributed by atoms with Crippen LogP contribution in [0.5, 0.6) is 0 Å². The quantitative estimate of drug-likeness (QED) is 0.616. The first kappa shape index (κ1) is 17.5. The number of amides is 1. The van der Waals surface area contributed by atoms with Crippen molar-refractivity contribution in [2.24, 2.45) is 0 Å². The number of halogens is 1. The molecule has 0 fully saturated rings. The second kappa shape index (κ2) is 8.12. The number of rotatable bonds is 6. The van der Waals surface area contributed by atoms with Crippen LogP contribution < -0.4 is 10.9 Å². The lowest BCUT2D eigenvalue weighted by molar-refractivity contribution is -0.115. The summed E-state index contributed by atoms with van der Waals surface area (Å²) in [5.74, 6) is 0.196. The number of hydrogen-bond donors (Lipinski definition) is 2. The normalized spacial score (nSPS) is 12.0.